The molecule has 3 aromatic rings. The molecule has 0 aliphatic heterocycles. The molecule has 0 saturated carbocycles. The number of esters is 1. The molecule has 2 aromatic carbocycles. The minimum atomic E-state index is -0.345. The van der Waals surface area contributed by atoms with Gasteiger partial charge in [0.05, 0.1) is 11.3 Å². The van der Waals surface area contributed by atoms with Crippen LogP contribution in [0.25, 0.3) is 11.3 Å². The first-order chi connectivity index (χ1) is 15.2. The smallest absolute Gasteiger partial charge is 0.343 e. The summed E-state index contributed by atoms with van der Waals surface area (Å²) in [5.74, 6) is 1.21. The lowest BCUT2D eigenvalue weighted by Gasteiger charge is -2.07. The summed E-state index contributed by atoms with van der Waals surface area (Å²) >= 11 is 1.69. The van der Waals surface area contributed by atoms with Crippen LogP contribution < -0.4 is 4.74 Å². The first kappa shape index (κ1) is 23.0. The van der Waals surface area contributed by atoms with Crippen LogP contribution in [0.5, 0.6) is 5.75 Å². The molecular weight excluding hydrogens is 404 g/mol. The van der Waals surface area contributed by atoms with Crippen LogP contribution in [-0.2, 0) is 6.42 Å². The van der Waals surface area contributed by atoms with Crippen LogP contribution in [0.1, 0.15) is 61.9 Å². The van der Waals surface area contributed by atoms with Gasteiger partial charge in [-0.05, 0) is 67.3 Å². The lowest BCUT2D eigenvalue weighted by atomic mass is 10.1. The van der Waals surface area contributed by atoms with E-state index >= 15 is 0 Å². The highest BCUT2D eigenvalue weighted by atomic mass is 32.2. The normalized spacial score (nSPS) is 10.8. The van der Waals surface area contributed by atoms with Gasteiger partial charge in [-0.15, -0.1) is 0 Å². The average molecular weight is 435 g/mol. The number of ether oxygens (including phenoxy) is 1. The maximum Gasteiger partial charge on any atom is 0.343 e. The number of rotatable bonds is 11. The van der Waals surface area contributed by atoms with Gasteiger partial charge in [0, 0.05) is 17.5 Å². The van der Waals surface area contributed by atoms with Crippen molar-refractivity contribution >= 4 is 17.7 Å². The first-order valence-electron chi connectivity index (χ1n) is 11.1. The Bertz CT molecular complexity index is 956. The van der Waals surface area contributed by atoms with Gasteiger partial charge in [-0.3, -0.25) is 0 Å². The van der Waals surface area contributed by atoms with E-state index in [4.69, 9.17) is 4.74 Å². The molecule has 1 heterocycles. The molecule has 5 heteroatoms. The summed E-state index contributed by atoms with van der Waals surface area (Å²) in [4.78, 5) is 21.5. The van der Waals surface area contributed by atoms with E-state index < -0.39 is 0 Å². The van der Waals surface area contributed by atoms with Gasteiger partial charge >= 0.3 is 5.97 Å². The molecule has 3 rings (SSSR count). The van der Waals surface area contributed by atoms with E-state index in [0.29, 0.717) is 11.3 Å². The summed E-state index contributed by atoms with van der Waals surface area (Å²) in [6.45, 7) is 4.38. The molecule has 0 spiro atoms. The largest absolute Gasteiger partial charge is 0.423 e. The third kappa shape index (κ3) is 7.21. The molecule has 0 N–H and O–H groups in total. The van der Waals surface area contributed by atoms with Gasteiger partial charge in [0.2, 0.25) is 0 Å². The third-order valence-electron chi connectivity index (χ3n) is 4.98. The summed E-state index contributed by atoms with van der Waals surface area (Å²) in [6, 6.07) is 17.0. The van der Waals surface area contributed by atoms with E-state index in [0.717, 1.165) is 41.4 Å². The van der Waals surface area contributed by atoms with Gasteiger partial charge in [0.25, 0.3) is 0 Å². The number of carbonyl (C=O) groups excluding carboxylic acids is 1. The van der Waals surface area contributed by atoms with Crippen molar-refractivity contribution in [2.75, 3.05) is 5.75 Å². The third-order valence-corrected chi connectivity index (χ3v) is 5.93. The van der Waals surface area contributed by atoms with E-state index in [1.54, 1.807) is 30.1 Å². The number of hydrogen-bond donors (Lipinski definition) is 0. The van der Waals surface area contributed by atoms with Crippen molar-refractivity contribution in [3.05, 3.63) is 71.9 Å². The maximum absolute atomic E-state index is 12.4. The average Bonchev–Trinajstić information content (AvgIpc) is 2.81. The van der Waals surface area contributed by atoms with Crippen molar-refractivity contribution in [1.29, 1.82) is 0 Å². The van der Waals surface area contributed by atoms with E-state index in [9.17, 15) is 4.79 Å². The number of unbranched alkanes of at least 4 members (excludes halogenated alkanes) is 3. The van der Waals surface area contributed by atoms with Crippen molar-refractivity contribution in [2.24, 2.45) is 0 Å². The van der Waals surface area contributed by atoms with Gasteiger partial charge in [0.15, 0.2) is 5.16 Å². The topological polar surface area (TPSA) is 52.1 Å². The molecule has 0 atom stereocenters. The van der Waals surface area contributed by atoms with Crippen LogP contribution >= 0.6 is 11.8 Å². The van der Waals surface area contributed by atoms with Crippen LogP contribution in [0.15, 0.2) is 66.0 Å². The van der Waals surface area contributed by atoms with Crippen LogP contribution in [0.3, 0.4) is 0 Å². The second-order valence-electron chi connectivity index (χ2n) is 7.49. The Morgan fingerprint density at radius 1 is 0.903 bits per heavy atom. The molecule has 31 heavy (non-hydrogen) atoms. The predicted molar refractivity (Wildman–Crippen MR) is 128 cm³/mol. The minimum absolute atomic E-state index is 0.345. The second kappa shape index (κ2) is 12.3. The van der Waals surface area contributed by atoms with Crippen LogP contribution in [0.4, 0.5) is 0 Å². The molecule has 0 aliphatic carbocycles. The van der Waals surface area contributed by atoms with Gasteiger partial charge in [-0.2, -0.15) is 0 Å². The van der Waals surface area contributed by atoms with Gasteiger partial charge in [-0.1, -0.05) is 57.0 Å². The zero-order valence-electron chi connectivity index (χ0n) is 18.3. The van der Waals surface area contributed by atoms with Crippen LogP contribution in [-0.4, -0.2) is 21.7 Å². The van der Waals surface area contributed by atoms with E-state index in [1.807, 2.05) is 42.5 Å². The molecule has 0 unspecified atom stereocenters. The Morgan fingerprint density at radius 2 is 1.65 bits per heavy atom. The van der Waals surface area contributed by atoms with Crippen LogP contribution in [0.2, 0.25) is 0 Å². The number of benzene rings is 2. The number of nitrogens with zero attached hydrogens (tertiary/aromatic N) is 2. The minimum Gasteiger partial charge on any atom is -0.423 e. The number of aromatic nitrogens is 2. The molecule has 0 amide bonds. The molecule has 0 fully saturated rings. The predicted octanol–water partition coefficient (Wildman–Crippen LogP) is 6.99. The van der Waals surface area contributed by atoms with Crippen molar-refractivity contribution < 1.29 is 9.53 Å². The molecule has 0 bridgehead atoms. The number of hydrogen-bond acceptors (Lipinski definition) is 5. The fourth-order valence-corrected chi connectivity index (χ4v) is 3.96. The second-order valence-corrected chi connectivity index (χ2v) is 8.56. The quantitative estimate of drug-likeness (QED) is 0.107. The number of carbonyl (C=O) groups is 1. The summed E-state index contributed by atoms with van der Waals surface area (Å²) in [6.07, 6.45) is 8.77. The highest BCUT2D eigenvalue weighted by Crippen LogP contribution is 2.24. The van der Waals surface area contributed by atoms with Crippen molar-refractivity contribution in [1.82, 2.24) is 9.97 Å². The monoisotopic (exact) mass is 434 g/mol. The Kier molecular flexibility index (Phi) is 9.10. The SMILES string of the molecule is CCCCCSc1nccc(-c2ccc(OC(=O)c3ccc(CCCC)cc3)cc2)n1. The van der Waals surface area contributed by atoms with Crippen molar-refractivity contribution in [2.45, 2.75) is 57.5 Å². The van der Waals surface area contributed by atoms with Crippen molar-refractivity contribution in [3.8, 4) is 17.0 Å². The standard InChI is InChI=1S/C26H30N2O2S/c1-3-5-7-19-31-26-27-18-17-24(28-26)21-13-15-23(16-14-21)30-25(29)22-11-9-20(10-12-22)8-6-4-2/h9-18H,3-8,19H2,1-2H3. The molecule has 0 aliphatic rings. The molecule has 1 aromatic heterocycles. The van der Waals surface area contributed by atoms with E-state index in [1.165, 1.54) is 24.8 Å². The van der Waals surface area contributed by atoms with Gasteiger partial charge in [0.1, 0.15) is 5.75 Å². The van der Waals surface area contributed by atoms with E-state index in [2.05, 4.69) is 23.8 Å². The Balaban J connectivity index is 1.59. The lowest BCUT2D eigenvalue weighted by Crippen LogP contribution is -2.08. The van der Waals surface area contributed by atoms with Crippen LogP contribution in [0, 0.1) is 0 Å². The molecule has 0 radical (unpaired) electrons. The van der Waals surface area contributed by atoms with Gasteiger partial charge < -0.3 is 4.74 Å². The Labute approximate surface area is 189 Å². The van der Waals surface area contributed by atoms with E-state index in [-0.39, 0.29) is 5.97 Å². The molecule has 162 valence electrons. The first-order valence-corrected chi connectivity index (χ1v) is 12.1. The number of thioether (sulfide) groups is 1. The summed E-state index contributed by atoms with van der Waals surface area (Å²) in [5, 5.41) is 0.798. The Morgan fingerprint density at radius 3 is 2.35 bits per heavy atom. The maximum atomic E-state index is 12.4. The van der Waals surface area contributed by atoms with Gasteiger partial charge in [-0.25, -0.2) is 14.8 Å². The Hall–Kier alpha value is -2.66. The zero-order chi connectivity index (χ0) is 21.9. The molecule has 0 saturated heterocycles. The number of aryl methyl sites for hydroxylation is 1. The fraction of sp³-hybridized carbons (Fsp3) is 0.346. The summed E-state index contributed by atoms with van der Waals surface area (Å²) < 4.78 is 5.54. The zero-order valence-corrected chi connectivity index (χ0v) is 19.2. The highest BCUT2D eigenvalue weighted by Gasteiger charge is 2.09. The summed E-state index contributed by atoms with van der Waals surface area (Å²) in [5.41, 5.74) is 3.65. The van der Waals surface area contributed by atoms with Crippen molar-refractivity contribution in [3.63, 3.8) is 0 Å². The summed E-state index contributed by atoms with van der Waals surface area (Å²) in [7, 11) is 0. The fourth-order valence-electron chi connectivity index (χ4n) is 3.13. The molecule has 4 nitrogen and oxygen atoms in total. The highest BCUT2D eigenvalue weighted by molar-refractivity contribution is 7.99. The molecular formula is C26H30N2O2S. The lowest BCUT2D eigenvalue weighted by molar-refractivity contribution is 0.0735.